The highest BCUT2D eigenvalue weighted by molar-refractivity contribution is 5.94. The normalized spacial score (nSPS) is 19.1. The van der Waals surface area contributed by atoms with E-state index in [1.165, 1.54) is 0 Å². The summed E-state index contributed by atoms with van der Waals surface area (Å²) in [5, 5.41) is 2.85. The molecule has 6 heteroatoms. The molecule has 0 aliphatic carbocycles. The average Bonchev–Trinajstić information content (AvgIpc) is 3.06. The molecule has 0 radical (unpaired) electrons. The second-order valence-corrected chi connectivity index (χ2v) is 4.90. The van der Waals surface area contributed by atoms with E-state index in [2.05, 4.69) is 5.32 Å². The highest BCUT2D eigenvalue weighted by Crippen LogP contribution is 2.32. The molecule has 20 heavy (non-hydrogen) atoms. The lowest BCUT2D eigenvalue weighted by Crippen LogP contribution is -2.33. The molecular weight excluding hydrogens is 262 g/mol. The molecule has 1 amide bonds. The number of nitrogens with one attached hydrogen (secondary N) is 1. The van der Waals surface area contributed by atoms with E-state index in [1.807, 2.05) is 6.92 Å². The first-order chi connectivity index (χ1) is 9.66. The molecule has 2 aliphatic heterocycles. The summed E-state index contributed by atoms with van der Waals surface area (Å²) in [4.78, 5) is 12.0. The van der Waals surface area contributed by atoms with Gasteiger partial charge in [-0.25, -0.2) is 0 Å². The van der Waals surface area contributed by atoms with Crippen LogP contribution in [0.4, 0.5) is 0 Å². The van der Waals surface area contributed by atoms with Gasteiger partial charge < -0.3 is 24.3 Å². The van der Waals surface area contributed by atoms with E-state index in [0.29, 0.717) is 43.2 Å². The molecule has 6 nitrogen and oxygen atoms in total. The van der Waals surface area contributed by atoms with Crippen molar-refractivity contribution in [2.75, 3.05) is 26.6 Å². The number of hydrogen-bond donors (Lipinski definition) is 1. The Kier molecular flexibility index (Phi) is 3.50. The Bertz CT molecular complexity index is 510. The third-order valence-corrected chi connectivity index (χ3v) is 3.40. The van der Waals surface area contributed by atoms with Crippen molar-refractivity contribution >= 4 is 5.91 Å². The van der Waals surface area contributed by atoms with Crippen LogP contribution in [0.15, 0.2) is 18.2 Å². The van der Waals surface area contributed by atoms with Crippen LogP contribution in [0, 0.1) is 0 Å². The number of hydrogen-bond acceptors (Lipinski definition) is 5. The van der Waals surface area contributed by atoms with Crippen LogP contribution >= 0.6 is 0 Å². The number of carbonyl (C=O) groups is 1. The maximum Gasteiger partial charge on any atom is 0.251 e. The standard InChI is InChI=1S/C14H17NO5/c1-14(19-6-7-20-14)4-5-15-13(16)10-2-3-11-12(8-10)18-9-17-11/h2-3,8H,4-7,9H2,1H3,(H,15,16). The Hall–Kier alpha value is -1.79. The van der Waals surface area contributed by atoms with Crippen LogP contribution in [-0.4, -0.2) is 38.2 Å². The van der Waals surface area contributed by atoms with E-state index < -0.39 is 5.79 Å². The molecule has 2 heterocycles. The molecule has 2 aliphatic rings. The minimum atomic E-state index is -0.581. The summed E-state index contributed by atoms with van der Waals surface area (Å²) in [6.45, 7) is 3.78. The Labute approximate surface area is 117 Å². The van der Waals surface area contributed by atoms with Crippen molar-refractivity contribution in [2.45, 2.75) is 19.1 Å². The Morgan fingerprint density at radius 3 is 2.80 bits per heavy atom. The van der Waals surface area contributed by atoms with Crippen LogP contribution in [-0.2, 0) is 9.47 Å². The highest BCUT2D eigenvalue weighted by atomic mass is 16.7. The zero-order valence-corrected chi connectivity index (χ0v) is 11.3. The lowest BCUT2D eigenvalue weighted by Gasteiger charge is -2.22. The smallest absolute Gasteiger partial charge is 0.251 e. The minimum Gasteiger partial charge on any atom is -0.454 e. The Morgan fingerprint density at radius 1 is 1.25 bits per heavy atom. The number of carbonyl (C=O) groups excluding carboxylic acids is 1. The first-order valence-corrected chi connectivity index (χ1v) is 6.62. The molecule has 1 aromatic rings. The molecule has 0 unspecified atom stereocenters. The van der Waals surface area contributed by atoms with Gasteiger partial charge in [0.15, 0.2) is 17.3 Å². The van der Waals surface area contributed by atoms with Crippen molar-refractivity contribution < 1.29 is 23.7 Å². The number of benzene rings is 1. The second-order valence-electron chi connectivity index (χ2n) is 4.90. The SMILES string of the molecule is CC1(CCNC(=O)c2ccc3c(c2)OCO3)OCCO1. The predicted octanol–water partition coefficient (Wildman–Crippen LogP) is 1.30. The summed E-state index contributed by atoms with van der Waals surface area (Å²) in [7, 11) is 0. The molecule has 1 saturated heterocycles. The van der Waals surface area contributed by atoms with Gasteiger partial charge in [0.25, 0.3) is 5.91 Å². The molecule has 1 fully saturated rings. The fourth-order valence-corrected chi connectivity index (χ4v) is 2.24. The molecule has 1 aromatic carbocycles. The van der Waals surface area contributed by atoms with Gasteiger partial charge in [0.1, 0.15) is 0 Å². The summed E-state index contributed by atoms with van der Waals surface area (Å²) < 4.78 is 21.4. The summed E-state index contributed by atoms with van der Waals surface area (Å²) in [6, 6.07) is 5.14. The van der Waals surface area contributed by atoms with Gasteiger partial charge in [-0.3, -0.25) is 4.79 Å². The topological polar surface area (TPSA) is 66.0 Å². The lowest BCUT2D eigenvalue weighted by molar-refractivity contribution is -0.145. The van der Waals surface area contributed by atoms with Gasteiger partial charge in [-0.15, -0.1) is 0 Å². The van der Waals surface area contributed by atoms with Crippen LogP contribution in [0.5, 0.6) is 11.5 Å². The van der Waals surface area contributed by atoms with Crippen molar-refractivity contribution in [3.8, 4) is 11.5 Å². The summed E-state index contributed by atoms with van der Waals surface area (Å²) >= 11 is 0. The predicted molar refractivity (Wildman–Crippen MR) is 69.8 cm³/mol. The van der Waals surface area contributed by atoms with Crippen molar-refractivity contribution in [3.05, 3.63) is 23.8 Å². The molecular formula is C14H17NO5. The van der Waals surface area contributed by atoms with E-state index >= 15 is 0 Å². The van der Waals surface area contributed by atoms with Gasteiger partial charge >= 0.3 is 0 Å². The number of fused-ring (bicyclic) bond motifs is 1. The molecule has 0 aromatic heterocycles. The lowest BCUT2D eigenvalue weighted by atomic mass is 10.1. The number of ether oxygens (including phenoxy) is 4. The first kappa shape index (κ1) is 13.2. The van der Waals surface area contributed by atoms with Gasteiger partial charge in [0.05, 0.1) is 13.2 Å². The van der Waals surface area contributed by atoms with Gasteiger partial charge in [0, 0.05) is 18.5 Å². The van der Waals surface area contributed by atoms with Gasteiger partial charge in [0.2, 0.25) is 6.79 Å². The van der Waals surface area contributed by atoms with E-state index in [1.54, 1.807) is 18.2 Å². The molecule has 0 spiro atoms. The Morgan fingerprint density at radius 2 is 2.00 bits per heavy atom. The second kappa shape index (κ2) is 5.30. The summed E-state index contributed by atoms with van der Waals surface area (Å²) in [5.74, 6) is 0.543. The molecule has 0 atom stereocenters. The van der Waals surface area contributed by atoms with Crippen LogP contribution in [0.1, 0.15) is 23.7 Å². The van der Waals surface area contributed by atoms with Crippen molar-refractivity contribution in [2.24, 2.45) is 0 Å². The molecule has 0 saturated carbocycles. The van der Waals surface area contributed by atoms with Crippen molar-refractivity contribution in [1.29, 1.82) is 0 Å². The number of amides is 1. The van der Waals surface area contributed by atoms with E-state index in [4.69, 9.17) is 18.9 Å². The zero-order valence-electron chi connectivity index (χ0n) is 11.3. The van der Waals surface area contributed by atoms with Gasteiger partial charge in [-0.2, -0.15) is 0 Å². The largest absolute Gasteiger partial charge is 0.454 e. The van der Waals surface area contributed by atoms with Crippen molar-refractivity contribution in [3.63, 3.8) is 0 Å². The molecule has 3 rings (SSSR count). The third-order valence-electron chi connectivity index (χ3n) is 3.40. The molecule has 108 valence electrons. The van der Waals surface area contributed by atoms with E-state index in [9.17, 15) is 4.79 Å². The van der Waals surface area contributed by atoms with E-state index in [0.717, 1.165) is 0 Å². The monoisotopic (exact) mass is 279 g/mol. The highest BCUT2D eigenvalue weighted by Gasteiger charge is 2.30. The fourth-order valence-electron chi connectivity index (χ4n) is 2.24. The first-order valence-electron chi connectivity index (χ1n) is 6.62. The average molecular weight is 279 g/mol. The summed E-state index contributed by atoms with van der Waals surface area (Å²) in [5.41, 5.74) is 0.549. The van der Waals surface area contributed by atoms with Crippen LogP contribution < -0.4 is 14.8 Å². The van der Waals surface area contributed by atoms with Crippen molar-refractivity contribution in [1.82, 2.24) is 5.32 Å². The van der Waals surface area contributed by atoms with Crippen LogP contribution in [0.25, 0.3) is 0 Å². The zero-order chi connectivity index (χ0) is 14.0. The fraction of sp³-hybridized carbons (Fsp3) is 0.500. The summed E-state index contributed by atoms with van der Waals surface area (Å²) in [6.07, 6.45) is 0.614. The quantitative estimate of drug-likeness (QED) is 0.900. The minimum absolute atomic E-state index is 0.148. The van der Waals surface area contributed by atoms with Gasteiger partial charge in [-0.1, -0.05) is 0 Å². The maximum absolute atomic E-state index is 12.0. The van der Waals surface area contributed by atoms with Gasteiger partial charge in [-0.05, 0) is 25.1 Å². The maximum atomic E-state index is 12.0. The molecule has 1 N–H and O–H groups in total. The van der Waals surface area contributed by atoms with E-state index in [-0.39, 0.29) is 12.7 Å². The van der Waals surface area contributed by atoms with Crippen LogP contribution in [0.2, 0.25) is 0 Å². The third kappa shape index (κ3) is 2.71. The van der Waals surface area contributed by atoms with Crippen LogP contribution in [0.3, 0.4) is 0 Å². The molecule has 0 bridgehead atoms. The Balaban J connectivity index is 1.54. The number of rotatable bonds is 4.